The van der Waals surface area contributed by atoms with Gasteiger partial charge in [-0.05, 0) is 50.1 Å². The molecule has 3 rings (SSSR count). The molecule has 160 valence electrons. The molecule has 2 aromatic carbocycles. The highest BCUT2D eigenvalue weighted by atomic mass is 32.2. The first-order valence-corrected chi connectivity index (χ1v) is 11.1. The van der Waals surface area contributed by atoms with Crippen molar-refractivity contribution in [3.05, 3.63) is 59.2 Å². The van der Waals surface area contributed by atoms with E-state index in [9.17, 15) is 9.59 Å². The topological polar surface area (TPSA) is 55.8 Å². The lowest BCUT2D eigenvalue weighted by molar-refractivity contribution is -0.139. The number of benzene rings is 2. The van der Waals surface area contributed by atoms with E-state index in [2.05, 4.69) is 32.0 Å². The predicted molar refractivity (Wildman–Crippen MR) is 119 cm³/mol. The van der Waals surface area contributed by atoms with Crippen LogP contribution in [0.1, 0.15) is 41.3 Å². The SMILES string of the molecule is COC(=O)C(C)Sc1ccccc1C(=O)N1CCC(Oc2cc(C)ccc2C)CC1. The standard InChI is InChI=1S/C24H29NO4S/c1-16-9-10-17(2)21(15-16)29-19-11-13-25(14-12-19)23(26)20-7-5-6-8-22(20)30-18(3)24(27)28-4/h5-10,15,18-19H,11-14H2,1-4H3. The molecule has 5 nitrogen and oxygen atoms in total. The number of methoxy groups -OCH3 is 1. The highest BCUT2D eigenvalue weighted by Gasteiger charge is 2.27. The van der Waals surface area contributed by atoms with Crippen LogP contribution in [0.5, 0.6) is 5.75 Å². The molecule has 1 aliphatic rings. The fraction of sp³-hybridized carbons (Fsp3) is 0.417. The summed E-state index contributed by atoms with van der Waals surface area (Å²) in [5.41, 5.74) is 2.94. The number of rotatable bonds is 6. The van der Waals surface area contributed by atoms with Gasteiger partial charge in [-0.25, -0.2) is 0 Å². The zero-order valence-electron chi connectivity index (χ0n) is 18.0. The summed E-state index contributed by atoms with van der Waals surface area (Å²) in [4.78, 5) is 27.6. The van der Waals surface area contributed by atoms with E-state index in [1.807, 2.05) is 29.2 Å². The van der Waals surface area contributed by atoms with Gasteiger partial charge >= 0.3 is 5.97 Å². The van der Waals surface area contributed by atoms with E-state index in [0.29, 0.717) is 18.7 Å². The molecule has 6 heteroatoms. The maximum Gasteiger partial charge on any atom is 0.318 e. The molecule has 1 atom stereocenters. The van der Waals surface area contributed by atoms with Crippen LogP contribution in [-0.2, 0) is 9.53 Å². The lowest BCUT2D eigenvalue weighted by Crippen LogP contribution is -2.42. The highest BCUT2D eigenvalue weighted by Crippen LogP contribution is 2.30. The minimum atomic E-state index is -0.374. The third-order valence-corrected chi connectivity index (χ3v) is 6.48. The van der Waals surface area contributed by atoms with Crippen LogP contribution >= 0.6 is 11.8 Å². The van der Waals surface area contributed by atoms with Crippen molar-refractivity contribution >= 4 is 23.6 Å². The second kappa shape index (κ2) is 10.0. The Morgan fingerprint density at radius 2 is 1.80 bits per heavy atom. The maximum atomic E-state index is 13.2. The van der Waals surface area contributed by atoms with E-state index in [1.165, 1.54) is 24.4 Å². The number of carbonyl (C=O) groups is 2. The number of esters is 1. The quantitative estimate of drug-likeness (QED) is 0.497. The third-order valence-electron chi connectivity index (χ3n) is 5.32. The molecule has 2 aromatic rings. The molecule has 0 aromatic heterocycles. The molecule has 1 heterocycles. The largest absolute Gasteiger partial charge is 0.490 e. The van der Waals surface area contributed by atoms with E-state index >= 15 is 0 Å². The molecule has 30 heavy (non-hydrogen) atoms. The highest BCUT2D eigenvalue weighted by molar-refractivity contribution is 8.00. The van der Waals surface area contributed by atoms with Crippen molar-refractivity contribution in [1.82, 2.24) is 4.90 Å². The number of carbonyl (C=O) groups excluding carboxylic acids is 2. The van der Waals surface area contributed by atoms with Gasteiger partial charge in [0.25, 0.3) is 5.91 Å². The fourth-order valence-electron chi connectivity index (χ4n) is 3.51. The molecule has 1 aliphatic heterocycles. The second-order valence-corrected chi connectivity index (χ2v) is 9.04. The normalized spacial score (nSPS) is 15.5. The summed E-state index contributed by atoms with van der Waals surface area (Å²) in [6.07, 6.45) is 1.71. The smallest absolute Gasteiger partial charge is 0.318 e. The molecular formula is C24H29NO4S. The van der Waals surface area contributed by atoms with E-state index in [0.717, 1.165) is 29.1 Å². The average molecular weight is 428 g/mol. The first kappa shape index (κ1) is 22.2. The first-order chi connectivity index (χ1) is 14.4. The van der Waals surface area contributed by atoms with Crippen molar-refractivity contribution in [2.75, 3.05) is 20.2 Å². The lowest BCUT2D eigenvalue weighted by Gasteiger charge is -2.33. The summed E-state index contributed by atoms with van der Waals surface area (Å²) in [6, 6.07) is 13.7. The number of amides is 1. The zero-order chi connectivity index (χ0) is 21.7. The van der Waals surface area contributed by atoms with Crippen molar-refractivity contribution in [3.8, 4) is 5.75 Å². The number of piperidine rings is 1. The Labute approximate surface area is 182 Å². The lowest BCUT2D eigenvalue weighted by atomic mass is 10.1. The molecule has 0 N–H and O–H groups in total. The molecule has 0 spiro atoms. The summed E-state index contributed by atoms with van der Waals surface area (Å²) in [6.45, 7) is 7.20. The Hall–Kier alpha value is -2.47. The molecule has 0 radical (unpaired) electrons. The van der Waals surface area contributed by atoms with Gasteiger partial charge in [-0.15, -0.1) is 11.8 Å². The molecular weight excluding hydrogens is 398 g/mol. The first-order valence-electron chi connectivity index (χ1n) is 10.3. The van der Waals surface area contributed by atoms with Crippen molar-refractivity contribution in [3.63, 3.8) is 0 Å². The number of hydrogen-bond acceptors (Lipinski definition) is 5. The molecule has 1 unspecified atom stereocenters. The third kappa shape index (κ3) is 5.36. The summed E-state index contributed by atoms with van der Waals surface area (Å²) < 4.78 is 11.0. The number of thioether (sulfide) groups is 1. The molecule has 1 amide bonds. The van der Waals surface area contributed by atoms with Gasteiger partial charge in [0.2, 0.25) is 0 Å². The van der Waals surface area contributed by atoms with E-state index in [4.69, 9.17) is 9.47 Å². The van der Waals surface area contributed by atoms with Crippen LogP contribution in [0.3, 0.4) is 0 Å². The van der Waals surface area contributed by atoms with Gasteiger partial charge in [0, 0.05) is 30.8 Å². The number of nitrogens with zero attached hydrogens (tertiary/aromatic N) is 1. The molecule has 0 aliphatic carbocycles. The van der Waals surface area contributed by atoms with E-state index < -0.39 is 0 Å². The molecule has 0 saturated carbocycles. The van der Waals surface area contributed by atoms with Crippen LogP contribution in [0.25, 0.3) is 0 Å². The van der Waals surface area contributed by atoms with Crippen LogP contribution < -0.4 is 4.74 Å². The fourth-order valence-corrected chi connectivity index (χ4v) is 4.52. The number of aryl methyl sites for hydroxylation is 2. The van der Waals surface area contributed by atoms with E-state index in [1.54, 1.807) is 6.92 Å². The maximum absolute atomic E-state index is 13.2. The van der Waals surface area contributed by atoms with Crippen LogP contribution in [0, 0.1) is 13.8 Å². The number of hydrogen-bond donors (Lipinski definition) is 0. The van der Waals surface area contributed by atoms with Gasteiger partial charge in [-0.2, -0.15) is 0 Å². The predicted octanol–water partition coefficient (Wildman–Crippen LogP) is 4.64. The van der Waals surface area contributed by atoms with E-state index in [-0.39, 0.29) is 23.2 Å². The van der Waals surface area contributed by atoms with Crippen molar-refractivity contribution < 1.29 is 19.1 Å². The minimum absolute atomic E-state index is 0.000326. The Kier molecular flexibility index (Phi) is 7.43. The zero-order valence-corrected chi connectivity index (χ0v) is 18.8. The summed E-state index contributed by atoms with van der Waals surface area (Å²) in [7, 11) is 1.38. The van der Waals surface area contributed by atoms with Crippen LogP contribution in [-0.4, -0.2) is 48.3 Å². The van der Waals surface area contributed by atoms with Gasteiger partial charge in [0.1, 0.15) is 17.1 Å². The van der Waals surface area contributed by atoms with Gasteiger partial charge in [0.15, 0.2) is 0 Å². The Morgan fingerprint density at radius 3 is 2.50 bits per heavy atom. The van der Waals surface area contributed by atoms with Gasteiger partial charge in [-0.1, -0.05) is 24.3 Å². The monoisotopic (exact) mass is 427 g/mol. The Balaban J connectivity index is 1.63. The molecule has 1 saturated heterocycles. The minimum Gasteiger partial charge on any atom is -0.490 e. The summed E-state index contributed by atoms with van der Waals surface area (Å²) in [5, 5.41) is -0.374. The van der Waals surface area contributed by atoms with Crippen LogP contribution in [0.15, 0.2) is 47.4 Å². The number of likely N-dealkylation sites (tertiary alicyclic amines) is 1. The second-order valence-electron chi connectivity index (χ2n) is 7.66. The average Bonchev–Trinajstić information content (AvgIpc) is 2.76. The number of ether oxygens (including phenoxy) is 2. The molecule has 0 bridgehead atoms. The van der Waals surface area contributed by atoms with Crippen LogP contribution in [0.4, 0.5) is 0 Å². The van der Waals surface area contributed by atoms with Gasteiger partial charge in [0.05, 0.1) is 12.7 Å². The van der Waals surface area contributed by atoms with Crippen molar-refractivity contribution in [2.45, 2.75) is 49.9 Å². The summed E-state index contributed by atoms with van der Waals surface area (Å²) in [5.74, 6) is 0.630. The van der Waals surface area contributed by atoms with Crippen LogP contribution in [0.2, 0.25) is 0 Å². The van der Waals surface area contributed by atoms with Crippen molar-refractivity contribution in [2.24, 2.45) is 0 Å². The Bertz CT molecular complexity index is 906. The molecule has 1 fully saturated rings. The Morgan fingerprint density at radius 1 is 1.10 bits per heavy atom. The van der Waals surface area contributed by atoms with Crippen molar-refractivity contribution in [1.29, 1.82) is 0 Å². The summed E-state index contributed by atoms with van der Waals surface area (Å²) >= 11 is 1.35. The van der Waals surface area contributed by atoms with Gasteiger partial charge < -0.3 is 14.4 Å². The van der Waals surface area contributed by atoms with Gasteiger partial charge in [-0.3, -0.25) is 9.59 Å².